The van der Waals surface area contributed by atoms with Gasteiger partial charge in [-0.3, -0.25) is 14.4 Å². The number of ether oxygens (including phenoxy) is 1. The van der Waals surface area contributed by atoms with E-state index in [0.29, 0.717) is 24.3 Å². The second kappa shape index (κ2) is 18.0. The van der Waals surface area contributed by atoms with Crippen molar-refractivity contribution < 1.29 is 24.2 Å². The highest BCUT2D eigenvalue weighted by atomic mass is 16.5. The summed E-state index contributed by atoms with van der Waals surface area (Å²) in [5.74, 6) is -0.535. The number of hydrogen-bond donors (Lipinski definition) is 5. The summed E-state index contributed by atoms with van der Waals surface area (Å²) in [4.78, 5) is 43.8. The number of allylic oxidation sites excluding steroid dienone is 1. The van der Waals surface area contributed by atoms with Gasteiger partial charge in [0, 0.05) is 16.9 Å². The summed E-state index contributed by atoms with van der Waals surface area (Å²) in [7, 11) is 0. The third-order valence-electron chi connectivity index (χ3n) is 8.91. The number of hydrogen-bond acceptors (Lipinski definition) is 5. The van der Waals surface area contributed by atoms with Gasteiger partial charge in [-0.2, -0.15) is 0 Å². The second-order valence-electron chi connectivity index (χ2n) is 13.5. The number of para-hydroxylation sites is 2. The van der Waals surface area contributed by atoms with E-state index in [-0.39, 0.29) is 18.9 Å². The van der Waals surface area contributed by atoms with Crippen molar-refractivity contribution in [3.8, 4) is 5.75 Å². The molecular formula is C43H48N4O5. The van der Waals surface area contributed by atoms with Crippen LogP contribution in [0.2, 0.25) is 0 Å². The maximum absolute atomic E-state index is 14.0. The number of aromatic amines is 1. The number of benzene rings is 4. The number of H-pyrrole nitrogens is 1. The van der Waals surface area contributed by atoms with Crippen molar-refractivity contribution in [2.24, 2.45) is 0 Å². The lowest BCUT2D eigenvalue weighted by molar-refractivity contribution is -0.125. The summed E-state index contributed by atoms with van der Waals surface area (Å²) >= 11 is 0. The molecule has 1 heterocycles. The van der Waals surface area contributed by atoms with Crippen LogP contribution >= 0.6 is 0 Å². The van der Waals surface area contributed by atoms with Crippen LogP contribution in [-0.4, -0.2) is 58.6 Å². The monoisotopic (exact) mass is 700 g/mol. The van der Waals surface area contributed by atoms with E-state index < -0.39 is 36.0 Å². The van der Waals surface area contributed by atoms with E-state index in [1.54, 1.807) is 12.1 Å². The maximum atomic E-state index is 14.0. The Kier molecular flexibility index (Phi) is 13.0. The lowest BCUT2D eigenvalue weighted by Crippen LogP contribution is -2.54. The number of nitrogens with one attached hydrogen (secondary N) is 4. The van der Waals surface area contributed by atoms with Crippen LogP contribution in [-0.2, 0) is 22.4 Å². The minimum atomic E-state index is -1.06. The summed E-state index contributed by atoms with van der Waals surface area (Å²) in [6, 6.07) is 32.2. The average molecular weight is 701 g/mol. The largest absolute Gasteiger partial charge is 0.483 e. The molecule has 9 heteroatoms. The highest BCUT2D eigenvalue weighted by Gasteiger charge is 2.29. The minimum absolute atomic E-state index is 0.149. The van der Waals surface area contributed by atoms with E-state index in [9.17, 15) is 19.5 Å². The second-order valence-corrected chi connectivity index (χ2v) is 13.5. The summed E-state index contributed by atoms with van der Waals surface area (Å²) in [6.45, 7) is 7.40. The highest BCUT2D eigenvalue weighted by molar-refractivity contribution is 6.00. The molecule has 0 aliphatic carbocycles. The topological polar surface area (TPSA) is 133 Å². The predicted octanol–water partition coefficient (Wildman–Crippen LogP) is 6.13. The van der Waals surface area contributed by atoms with E-state index in [1.807, 2.05) is 131 Å². The molecule has 0 saturated heterocycles. The van der Waals surface area contributed by atoms with Crippen LogP contribution in [0.3, 0.4) is 0 Å². The van der Waals surface area contributed by atoms with Crippen LogP contribution in [0.4, 0.5) is 0 Å². The molecule has 1 aromatic heterocycles. The van der Waals surface area contributed by atoms with E-state index >= 15 is 0 Å². The first-order valence-electron chi connectivity index (χ1n) is 17.6. The first kappa shape index (κ1) is 37.6. The zero-order valence-electron chi connectivity index (χ0n) is 30.2. The fraction of sp³-hybridized carbons (Fsp3) is 0.279. The fourth-order valence-corrected chi connectivity index (χ4v) is 6.34. The van der Waals surface area contributed by atoms with E-state index in [2.05, 4.69) is 20.9 Å². The van der Waals surface area contributed by atoms with Crippen molar-refractivity contribution in [3.05, 3.63) is 149 Å². The number of carbonyl (C=O) groups excluding carboxylic acids is 3. The van der Waals surface area contributed by atoms with Gasteiger partial charge in [0.05, 0.1) is 12.1 Å². The van der Waals surface area contributed by atoms with Gasteiger partial charge in [-0.25, -0.2) is 0 Å². The van der Waals surface area contributed by atoms with Gasteiger partial charge in [0.1, 0.15) is 17.5 Å². The van der Waals surface area contributed by atoms with Gasteiger partial charge < -0.3 is 30.8 Å². The van der Waals surface area contributed by atoms with Crippen molar-refractivity contribution in [3.63, 3.8) is 0 Å². The fourth-order valence-electron chi connectivity index (χ4n) is 6.34. The van der Waals surface area contributed by atoms with Crippen molar-refractivity contribution in [1.82, 2.24) is 20.9 Å². The lowest BCUT2D eigenvalue weighted by Gasteiger charge is -2.29. The van der Waals surface area contributed by atoms with Crippen LogP contribution < -0.4 is 20.7 Å². The first-order chi connectivity index (χ1) is 25.0. The van der Waals surface area contributed by atoms with E-state index in [0.717, 1.165) is 38.7 Å². The molecule has 0 saturated carbocycles. The Bertz CT molecular complexity index is 1930. The third-order valence-corrected chi connectivity index (χ3v) is 8.91. The summed E-state index contributed by atoms with van der Waals surface area (Å²) < 4.78 is 5.93. The Morgan fingerprint density at radius 1 is 0.769 bits per heavy atom. The van der Waals surface area contributed by atoms with Gasteiger partial charge >= 0.3 is 0 Å². The molecule has 3 amide bonds. The zero-order chi connectivity index (χ0) is 37.0. The maximum Gasteiger partial charge on any atom is 0.268 e. The molecule has 0 unspecified atom stereocenters. The molecule has 5 N–H and O–H groups in total. The molecule has 9 nitrogen and oxygen atoms in total. The van der Waals surface area contributed by atoms with Crippen LogP contribution in [0.5, 0.6) is 5.75 Å². The Morgan fingerprint density at radius 3 is 2.02 bits per heavy atom. The number of aryl methyl sites for hydroxylation is 2. The number of fused-ring (bicyclic) bond motifs is 1. The Morgan fingerprint density at radius 2 is 1.38 bits per heavy atom. The molecular weight excluding hydrogens is 652 g/mol. The molecule has 0 aliphatic heterocycles. The smallest absolute Gasteiger partial charge is 0.268 e. The lowest BCUT2D eigenvalue weighted by atomic mass is 9.93. The number of aliphatic hydroxyl groups is 1. The van der Waals surface area contributed by atoms with Crippen LogP contribution in [0.25, 0.3) is 10.9 Å². The van der Waals surface area contributed by atoms with Crippen molar-refractivity contribution in [2.45, 2.75) is 71.2 Å². The minimum Gasteiger partial charge on any atom is -0.483 e. The molecule has 0 bridgehead atoms. The zero-order valence-corrected chi connectivity index (χ0v) is 30.2. The van der Waals surface area contributed by atoms with Gasteiger partial charge in [0.2, 0.25) is 5.91 Å². The Hall–Kier alpha value is -5.67. The Balaban J connectivity index is 1.34. The number of aliphatic hydroxyl groups excluding tert-OH is 1. The molecule has 52 heavy (non-hydrogen) atoms. The molecule has 4 atom stereocenters. The Labute approximate surface area is 305 Å². The SMILES string of the molecule is CC(C)=C[C@H](NC(=O)c1cc2ccccc2[nH]1)C(=O)N[C@@H](Cc1ccccc1)[C@@H](O)C[C@H](Cc1ccccc1)NC(=O)COc1c(C)cccc1C. The normalized spacial score (nSPS) is 13.3. The van der Waals surface area contributed by atoms with Crippen LogP contribution in [0.15, 0.2) is 121 Å². The number of rotatable bonds is 16. The first-order valence-corrected chi connectivity index (χ1v) is 17.6. The molecule has 5 rings (SSSR count). The summed E-state index contributed by atoms with van der Waals surface area (Å²) in [5, 5.41) is 21.7. The summed E-state index contributed by atoms with van der Waals surface area (Å²) in [6.07, 6.45) is 1.56. The van der Waals surface area contributed by atoms with Crippen LogP contribution in [0, 0.1) is 13.8 Å². The van der Waals surface area contributed by atoms with Gasteiger partial charge in [-0.05, 0) is 81.3 Å². The molecule has 0 aliphatic rings. The quantitative estimate of drug-likeness (QED) is 0.0790. The van der Waals surface area contributed by atoms with Crippen molar-refractivity contribution in [2.75, 3.05) is 6.61 Å². The highest BCUT2D eigenvalue weighted by Crippen LogP contribution is 2.22. The summed E-state index contributed by atoms with van der Waals surface area (Å²) in [5.41, 5.74) is 5.77. The van der Waals surface area contributed by atoms with E-state index in [1.165, 1.54) is 0 Å². The molecule has 0 radical (unpaired) electrons. The standard InChI is InChI=1S/C43H48N4O5/c1-28(2)22-37(47-43(51)38-25-33-20-11-12-21-35(33)45-38)42(50)46-36(24-32-18-9-6-10-19-32)39(48)26-34(23-31-16-7-5-8-17-31)44-40(49)27-52-41-29(3)14-13-15-30(41)4/h5-22,25,34,36-37,39,45,48H,23-24,26-27H2,1-4H3,(H,44,49)(H,46,50)(H,47,51)/t34-,36-,37-,39-/m0/s1. The number of amides is 3. The van der Waals surface area contributed by atoms with Gasteiger partial charge in [0.25, 0.3) is 11.8 Å². The third kappa shape index (κ3) is 10.7. The molecule has 5 aromatic rings. The van der Waals surface area contributed by atoms with Crippen molar-refractivity contribution in [1.29, 1.82) is 0 Å². The predicted molar refractivity (Wildman–Crippen MR) is 205 cm³/mol. The number of carbonyl (C=O) groups is 3. The average Bonchev–Trinajstić information content (AvgIpc) is 3.56. The van der Waals surface area contributed by atoms with Gasteiger partial charge in [-0.1, -0.05) is 109 Å². The van der Waals surface area contributed by atoms with E-state index in [4.69, 9.17) is 4.74 Å². The molecule has 0 fully saturated rings. The molecule has 270 valence electrons. The molecule has 4 aromatic carbocycles. The van der Waals surface area contributed by atoms with Crippen LogP contribution in [0.1, 0.15) is 53.0 Å². The van der Waals surface area contributed by atoms with Crippen molar-refractivity contribution >= 4 is 28.6 Å². The van der Waals surface area contributed by atoms with Gasteiger partial charge in [-0.15, -0.1) is 0 Å². The van der Waals surface area contributed by atoms with Gasteiger partial charge in [0.15, 0.2) is 6.61 Å². The molecule has 0 spiro atoms. The number of aromatic nitrogens is 1.